The van der Waals surface area contributed by atoms with Crippen LogP contribution in [0.2, 0.25) is 0 Å². The van der Waals surface area contributed by atoms with Crippen molar-refractivity contribution in [2.45, 2.75) is 25.5 Å². The summed E-state index contributed by atoms with van der Waals surface area (Å²) in [7, 11) is 0. The number of hydrogen-bond donors (Lipinski definition) is 2. The second-order valence-electron chi connectivity index (χ2n) is 7.53. The molecule has 1 aliphatic heterocycles. The zero-order chi connectivity index (χ0) is 22.5. The first-order chi connectivity index (χ1) is 15.5. The zero-order valence-electron chi connectivity index (χ0n) is 17.3. The fourth-order valence-electron chi connectivity index (χ4n) is 3.80. The first kappa shape index (κ1) is 21.3. The fourth-order valence-corrected chi connectivity index (χ4v) is 3.80. The van der Waals surface area contributed by atoms with E-state index in [-0.39, 0.29) is 36.3 Å². The van der Waals surface area contributed by atoms with Crippen LogP contribution in [0.3, 0.4) is 0 Å². The van der Waals surface area contributed by atoms with Gasteiger partial charge in [-0.15, -0.1) is 0 Å². The van der Waals surface area contributed by atoms with Crippen molar-refractivity contribution in [2.75, 3.05) is 19.6 Å². The first-order valence-electron chi connectivity index (χ1n) is 10.3. The molecule has 32 heavy (non-hydrogen) atoms. The van der Waals surface area contributed by atoms with Crippen LogP contribution in [0, 0.1) is 0 Å². The highest BCUT2D eigenvalue weighted by Gasteiger charge is 2.26. The number of likely N-dealkylation sites (tertiary alicyclic amines) is 1. The van der Waals surface area contributed by atoms with E-state index in [4.69, 9.17) is 4.74 Å². The lowest BCUT2D eigenvalue weighted by Gasteiger charge is -2.32. The van der Waals surface area contributed by atoms with Crippen molar-refractivity contribution >= 4 is 23.0 Å². The number of alkyl carbamates (subject to hydrolysis) is 1. The summed E-state index contributed by atoms with van der Waals surface area (Å²) in [4.78, 5) is 57.8. The number of aromatic nitrogens is 3. The van der Waals surface area contributed by atoms with Crippen molar-refractivity contribution in [3.8, 4) is 0 Å². The maximum Gasteiger partial charge on any atom is 0.407 e. The summed E-state index contributed by atoms with van der Waals surface area (Å²) in [6.07, 6.45) is 1.76. The van der Waals surface area contributed by atoms with Gasteiger partial charge in [0.05, 0.1) is 5.39 Å². The van der Waals surface area contributed by atoms with Crippen LogP contribution in [0.5, 0.6) is 0 Å². The van der Waals surface area contributed by atoms with E-state index < -0.39 is 11.8 Å². The number of carbonyl (C=O) groups is 2. The predicted octanol–water partition coefficient (Wildman–Crippen LogP) is 1.17. The minimum Gasteiger partial charge on any atom is -0.445 e. The summed E-state index contributed by atoms with van der Waals surface area (Å²) < 4.78 is 6.31. The van der Waals surface area contributed by atoms with Gasteiger partial charge in [-0.25, -0.2) is 14.6 Å². The summed E-state index contributed by atoms with van der Waals surface area (Å²) >= 11 is 0. The number of aromatic amines is 1. The Hall–Kier alpha value is -3.95. The van der Waals surface area contributed by atoms with E-state index in [1.54, 1.807) is 17.0 Å². The van der Waals surface area contributed by atoms with Gasteiger partial charge in [0.2, 0.25) is 5.91 Å². The van der Waals surface area contributed by atoms with Crippen molar-refractivity contribution in [2.24, 2.45) is 0 Å². The van der Waals surface area contributed by atoms with Crippen molar-refractivity contribution in [3.05, 3.63) is 75.1 Å². The minimum absolute atomic E-state index is 0.122. The second-order valence-corrected chi connectivity index (χ2v) is 7.53. The Bertz CT molecular complexity index is 1230. The molecular formula is C22H23N5O5. The number of benzene rings is 1. The maximum absolute atomic E-state index is 12.8. The average Bonchev–Trinajstić information content (AvgIpc) is 2.82. The van der Waals surface area contributed by atoms with Crippen LogP contribution in [-0.4, -0.2) is 51.1 Å². The van der Waals surface area contributed by atoms with Gasteiger partial charge in [0, 0.05) is 25.3 Å². The maximum atomic E-state index is 12.8. The normalized spacial score (nSPS) is 14.3. The summed E-state index contributed by atoms with van der Waals surface area (Å²) in [6.45, 7) is 0.694. The number of amides is 2. The van der Waals surface area contributed by atoms with Crippen LogP contribution in [0.25, 0.3) is 11.0 Å². The Labute approximate surface area is 182 Å². The summed E-state index contributed by atoms with van der Waals surface area (Å²) in [5, 5.41) is 2.81. The molecule has 0 spiro atoms. The molecule has 0 bridgehead atoms. The molecule has 3 aromatic rings. The summed E-state index contributed by atoms with van der Waals surface area (Å²) in [6, 6.07) is 12.2. The Morgan fingerprint density at radius 2 is 1.84 bits per heavy atom. The number of nitrogens with zero attached hydrogens (tertiary/aromatic N) is 3. The SMILES string of the molecule is O=C(NCC(=O)N1CCC(n2c(=O)[nH]c3ncccc3c2=O)CC1)OCc1ccccc1. The minimum atomic E-state index is -0.667. The molecule has 2 N–H and O–H groups in total. The topological polar surface area (TPSA) is 126 Å². The van der Waals surface area contributed by atoms with E-state index in [1.807, 2.05) is 30.3 Å². The van der Waals surface area contributed by atoms with Gasteiger partial charge in [-0.1, -0.05) is 30.3 Å². The molecule has 0 radical (unpaired) electrons. The Balaban J connectivity index is 1.30. The number of rotatable bonds is 5. The molecule has 3 heterocycles. The molecule has 0 atom stereocenters. The van der Waals surface area contributed by atoms with Gasteiger partial charge in [-0.3, -0.25) is 19.1 Å². The third kappa shape index (κ3) is 4.69. The highest BCUT2D eigenvalue weighted by atomic mass is 16.5. The number of fused-ring (bicyclic) bond motifs is 1. The van der Waals surface area contributed by atoms with Crippen molar-refractivity contribution in [3.63, 3.8) is 0 Å². The largest absolute Gasteiger partial charge is 0.445 e. The molecule has 1 fully saturated rings. The number of piperidine rings is 1. The van der Waals surface area contributed by atoms with Gasteiger partial charge in [0.1, 0.15) is 18.8 Å². The Morgan fingerprint density at radius 3 is 2.59 bits per heavy atom. The molecule has 0 saturated carbocycles. The fraction of sp³-hybridized carbons (Fsp3) is 0.318. The summed E-state index contributed by atoms with van der Waals surface area (Å²) in [5.74, 6) is -0.246. The number of pyridine rings is 1. The lowest BCUT2D eigenvalue weighted by molar-refractivity contribution is -0.131. The quantitative estimate of drug-likeness (QED) is 0.617. The van der Waals surface area contributed by atoms with Crippen LogP contribution >= 0.6 is 0 Å². The van der Waals surface area contributed by atoms with E-state index in [2.05, 4.69) is 15.3 Å². The third-order valence-electron chi connectivity index (χ3n) is 5.48. The average molecular weight is 437 g/mol. The van der Waals surface area contributed by atoms with E-state index in [0.717, 1.165) is 5.56 Å². The molecule has 166 valence electrons. The Morgan fingerprint density at radius 1 is 1.09 bits per heavy atom. The van der Waals surface area contributed by atoms with Gasteiger partial charge in [-0.2, -0.15) is 0 Å². The van der Waals surface area contributed by atoms with Crippen molar-refractivity contribution < 1.29 is 14.3 Å². The van der Waals surface area contributed by atoms with Gasteiger partial charge in [0.15, 0.2) is 0 Å². The molecule has 10 heteroatoms. The number of H-pyrrole nitrogens is 1. The smallest absolute Gasteiger partial charge is 0.407 e. The molecule has 4 rings (SSSR count). The molecule has 1 saturated heterocycles. The molecule has 10 nitrogen and oxygen atoms in total. The predicted molar refractivity (Wildman–Crippen MR) is 116 cm³/mol. The molecule has 1 aliphatic rings. The third-order valence-corrected chi connectivity index (χ3v) is 5.48. The van der Waals surface area contributed by atoms with E-state index in [1.165, 1.54) is 10.8 Å². The summed E-state index contributed by atoms with van der Waals surface area (Å²) in [5.41, 5.74) is 0.223. The van der Waals surface area contributed by atoms with E-state index in [0.29, 0.717) is 31.3 Å². The van der Waals surface area contributed by atoms with Crippen molar-refractivity contribution in [1.82, 2.24) is 24.8 Å². The lowest BCUT2D eigenvalue weighted by Crippen LogP contribution is -2.47. The van der Waals surface area contributed by atoms with Crippen molar-refractivity contribution in [1.29, 1.82) is 0 Å². The van der Waals surface area contributed by atoms with Crippen LogP contribution < -0.4 is 16.6 Å². The van der Waals surface area contributed by atoms with Gasteiger partial charge >= 0.3 is 11.8 Å². The molecule has 2 aromatic heterocycles. The van der Waals surface area contributed by atoms with Crippen LogP contribution in [0.15, 0.2) is 58.3 Å². The zero-order valence-corrected chi connectivity index (χ0v) is 17.3. The number of hydrogen-bond acceptors (Lipinski definition) is 6. The molecule has 0 unspecified atom stereocenters. The van der Waals surface area contributed by atoms with Crippen LogP contribution in [-0.2, 0) is 16.1 Å². The van der Waals surface area contributed by atoms with Crippen LogP contribution in [0.4, 0.5) is 4.79 Å². The van der Waals surface area contributed by atoms with Gasteiger partial charge < -0.3 is 15.0 Å². The monoisotopic (exact) mass is 437 g/mol. The number of nitrogens with one attached hydrogen (secondary N) is 2. The molecule has 2 amide bonds. The first-order valence-corrected chi connectivity index (χ1v) is 10.3. The Kier molecular flexibility index (Phi) is 6.29. The second kappa shape index (κ2) is 9.46. The van der Waals surface area contributed by atoms with Gasteiger partial charge in [0.25, 0.3) is 5.56 Å². The van der Waals surface area contributed by atoms with E-state index in [9.17, 15) is 19.2 Å². The highest BCUT2D eigenvalue weighted by molar-refractivity contribution is 5.82. The standard InChI is InChI=1S/C22H23N5O5/c28-18(13-24-22(31)32-14-15-5-2-1-3-6-15)26-11-8-16(9-12-26)27-20(29)17-7-4-10-23-19(17)25-21(27)30/h1-7,10,16H,8-9,11-14H2,(H,24,31)(H,23,25,30). The van der Waals surface area contributed by atoms with Gasteiger partial charge in [-0.05, 0) is 30.5 Å². The number of ether oxygens (including phenoxy) is 1. The number of carbonyl (C=O) groups excluding carboxylic acids is 2. The molecular weight excluding hydrogens is 414 g/mol. The molecule has 0 aliphatic carbocycles. The molecule has 1 aromatic carbocycles. The van der Waals surface area contributed by atoms with Crippen LogP contribution in [0.1, 0.15) is 24.4 Å². The van der Waals surface area contributed by atoms with E-state index >= 15 is 0 Å². The lowest BCUT2D eigenvalue weighted by atomic mass is 10.0. The highest BCUT2D eigenvalue weighted by Crippen LogP contribution is 2.20.